The van der Waals surface area contributed by atoms with Gasteiger partial charge in [0.1, 0.15) is 0 Å². The Labute approximate surface area is 100 Å². The minimum Gasteiger partial charge on any atom is -0.309 e. The second kappa shape index (κ2) is 5.49. The molecule has 90 valence electrons. The van der Waals surface area contributed by atoms with E-state index in [2.05, 4.69) is 64.2 Å². The molecule has 1 N–H and O–H groups in total. The Balaban J connectivity index is 2.58. The first kappa shape index (κ1) is 13.2. The molecule has 0 aliphatic heterocycles. The summed E-state index contributed by atoms with van der Waals surface area (Å²) in [6.07, 6.45) is 2.27. The molecule has 0 amide bonds. The summed E-state index contributed by atoms with van der Waals surface area (Å²) < 4.78 is 0. The molecule has 0 aliphatic carbocycles. The van der Waals surface area contributed by atoms with Crippen LogP contribution in [0.3, 0.4) is 0 Å². The number of hydrogen-bond donors (Lipinski definition) is 1. The van der Waals surface area contributed by atoms with Crippen LogP contribution in [0.15, 0.2) is 24.3 Å². The summed E-state index contributed by atoms with van der Waals surface area (Å²) in [5, 5.41) is 3.68. The van der Waals surface area contributed by atoms with Crippen molar-refractivity contribution < 1.29 is 0 Å². The fourth-order valence-electron chi connectivity index (χ4n) is 1.99. The van der Waals surface area contributed by atoms with Crippen LogP contribution in [0.4, 0.5) is 0 Å². The maximum absolute atomic E-state index is 3.68. The average molecular weight is 219 g/mol. The summed E-state index contributed by atoms with van der Waals surface area (Å²) >= 11 is 0. The van der Waals surface area contributed by atoms with Crippen molar-refractivity contribution in [1.29, 1.82) is 0 Å². The SMILES string of the molecule is CCC(C)(C)NC(C)Cc1ccccc1C. The predicted molar refractivity (Wildman–Crippen MR) is 71.9 cm³/mol. The minimum atomic E-state index is 0.238. The van der Waals surface area contributed by atoms with Gasteiger partial charge < -0.3 is 5.32 Å². The van der Waals surface area contributed by atoms with Crippen LogP contribution >= 0.6 is 0 Å². The van der Waals surface area contributed by atoms with Crippen LogP contribution in [-0.2, 0) is 6.42 Å². The van der Waals surface area contributed by atoms with E-state index in [0.29, 0.717) is 6.04 Å². The van der Waals surface area contributed by atoms with E-state index in [4.69, 9.17) is 0 Å². The summed E-state index contributed by atoms with van der Waals surface area (Å²) in [5.74, 6) is 0. The molecule has 0 saturated carbocycles. The number of aryl methyl sites for hydroxylation is 1. The zero-order valence-electron chi connectivity index (χ0n) is 11.3. The first-order valence-corrected chi connectivity index (χ1v) is 6.27. The van der Waals surface area contributed by atoms with Gasteiger partial charge in [0.05, 0.1) is 0 Å². The van der Waals surface area contributed by atoms with E-state index in [-0.39, 0.29) is 5.54 Å². The number of benzene rings is 1. The Bertz CT molecular complexity index is 328. The number of rotatable bonds is 5. The van der Waals surface area contributed by atoms with Crippen LogP contribution < -0.4 is 5.32 Å². The van der Waals surface area contributed by atoms with E-state index in [1.165, 1.54) is 11.1 Å². The first-order chi connectivity index (χ1) is 7.44. The Morgan fingerprint density at radius 1 is 1.25 bits per heavy atom. The summed E-state index contributed by atoms with van der Waals surface area (Å²) in [4.78, 5) is 0. The van der Waals surface area contributed by atoms with Crippen molar-refractivity contribution in [3.8, 4) is 0 Å². The molecule has 0 radical (unpaired) electrons. The monoisotopic (exact) mass is 219 g/mol. The van der Waals surface area contributed by atoms with Gasteiger partial charge in [-0.2, -0.15) is 0 Å². The van der Waals surface area contributed by atoms with Gasteiger partial charge in [-0.15, -0.1) is 0 Å². The lowest BCUT2D eigenvalue weighted by molar-refractivity contribution is 0.332. The molecule has 0 bridgehead atoms. The lowest BCUT2D eigenvalue weighted by Crippen LogP contribution is -2.45. The summed E-state index contributed by atoms with van der Waals surface area (Å²) in [5.41, 5.74) is 3.09. The standard InChI is InChI=1S/C15H25N/c1-6-15(4,5)16-13(3)11-14-10-8-7-9-12(14)2/h7-10,13,16H,6,11H2,1-5H3. The molecule has 1 unspecified atom stereocenters. The zero-order valence-corrected chi connectivity index (χ0v) is 11.3. The Morgan fingerprint density at radius 3 is 2.44 bits per heavy atom. The van der Waals surface area contributed by atoms with Gasteiger partial charge in [-0.25, -0.2) is 0 Å². The molecule has 1 atom stereocenters. The third kappa shape index (κ3) is 3.97. The highest BCUT2D eigenvalue weighted by atomic mass is 15.0. The second-order valence-corrected chi connectivity index (χ2v) is 5.41. The van der Waals surface area contributed by atoms with Crippen molar-refractivity contribution in [2.75, 3.05) is 0 Å². The van der Waals surface area contributed by atoms with Crippen molar-refractivity contribution in [3.63, 3.8) is 0 Å². The quantitative estimate of drug-likeness (QED) is 0.796. The molecule has 1 aromatic rings. The van der Waals surface area contributed by atoms with Gasteiger partial charge in [-0.3, -0.25) is 0 Å². The molecule has 1 heteroatoms. The Kier molecular flexibility index (Phi) is 4.55. The smallest absolute Gasteiger partial charge is 0.0125 e. The predicted octanol–water partition coefficient (Wildman–Crippen LogP) is 3.70. The van der Waals surface area contributed by atoms with Crippen molar-refractivity contribution in [3.05, 3.63) is 35.4 Å². The van der Waals surface area contributed by atoms with E-state index < -0.39 is 0 Å². The second-order valence-electron chi connectivity index (χ2n) is 5.41. The van der Waals surface area contributed by atoms with E-state index in [1.54, 1.807) is 0 Å². The van der Waals surface area contributed by atoms with E-state index in [1.807, 2.05) is 0 Å². The maximum atomic E-state index is 3.68. The molecule has 0 saturated heterocycles. The molecule has 0 aromatic heterocycles. The Hall–Kier alpha value is -0.820. The van der Waals surface area contributed by atoms with Crippen molar-refractivity contribution in [2.45, 2.75) is 59.0 Å². The van der Waals surface area contributed by atoms with Gasteiger partial charge in [-0.05, 0) is 51.7 Å². The van der Waals surface area contributed by atoms with Crippen molar-refractivity contribution in [1.82, 2.24) is 5.32 Å². The molecular formula is C15H25N. The molecule has 1 aromatic carbocycles. The molecule has 1 nitrogen and oxygen atoms in total. The molecular weight excluding hydrogens is 194 g/mol. The topological polar surface area (TPSA) is 12.0 Å². The van der Waals surface area contributed by atoms with Gasteiger partial charge in [0.15, 0.2) is 0 Å². The molecule has 0 heterocycles. The lowest BCUT2D eigenvalue weighted by Gasteiger charge is -2.29. The molecule has 0 aliphatic rings. The zero-order chi connectivity index (χ0) is 12.2. The van der Waals surface area contributed by atoms with Crippen LogP contribution in [0.25, 0.3) is 0 Å². The van der Waals surface area contributed by atoms with Gasteiger partial charge in [0.25, 0.3) is 0 Å². The van der Waals surface area contributed by atoms with Crippen molar-refractivity contribution >= 4 is 0 Å². The molecule has 0 fully saturated rings. The van der Waals surface area contributed by atoms with Gasteiger partial charge >= 0.3 is 0 Å². The van der Waals surface area contributed by atoms with E-state index in [9.17, 15) is 0 Å². The van der Waals surface area contributed by atoms with Crippen molar-refractivity contribution in [2.24, 2.45) is 0 Å². The van der Waals surface area contributed by atoms with E-state index >= 15 is 0 Å². The molecule has 0 spiro atoms. The number of nitrogens with one attached hydrogen (secondary N) is 1. The highest BCUT2D eigenvalue weighted by molar-refractivity contribution is 5.26. The maximum Gasteiger partial charge on any atom is 0.0125 e. The summed E-state index contributed by atoms with van der Waals surface area (Å²) in [7, 11) is 0. The highest BCUT2D eigenvalue weighted by Gasteiger charge is 2.17. The van der Waals surface area contributed by atoms with Crippen LogP contribution in [-0.4, -0.2) is 11.6 Å². The van der Waals surface area contributed by atoms with E-state index in [0.717, 1.165) is 12.8 Å². The third-order valence-corrected chi connectivity index (χ3v) is 3.31. The van der Waals surface area contributed by atoms with Crippen LogP contribution in [0.1, 0.15) is 45.2 Å². The molecule has 16 heavy (non-hydrogen) atoms. The third-order valence-electron chi connectivity index (χ3n) is 3.31. The average Bonchev–Trinajstić information content (AvgIpc) is 2.21. The molecule has 1 rings (SSSR count). The van der Waals surface area contributed by atoms with Crippen LogP contribution in [0.5, 0.6) is 0 Å². The van der Waals surface area contributed by atoms with Gasteiger partial charge in [0.2, 0.25) is 0 Å². The Morgan fingerprint density at radius 2 is 1.88 bits per heavy atom. The highest BCUT2D eigenvalue weighted by Crippen LogP contribution is 2.13. The van der Waals surface area contributed by atoms with Crippen LogP contribution in [0, 0.1) is 6.92 Å². The summed E-state index contributed by atoms with van der Waals surface area (Å²) in [6, 6.07) is 9.17. The fraction of sp³-hybridized carbons (Fsp3) is 0.600. The lowest BCUT2D eigenvalue weighted by atomic mass is 9.97. The normalized spacial score (nSPS) is 13.8. The van der Waals surface area contributed by atoms with Gasteiger partial charge in [0, 0.05) is 11.6 Å². The summed E-state index contributed by atoms with van der Waals surface area (Å²) in [6.45, 7) is 11.2. The first-order valence-electron chi connectivity index (χ1n) is 6.27. The minimum absolute atomic E-state index is 0.238. The fourth-order valence-corrected chi connectivity index (χ4v) is 1.99. The van der Waals surface area contributed by atoms with Crippen LogP contribution in [0.2, 0.25) is 0 Å². The largest absolute Gasteiger partial charge is 0.309 e. The number of hydrogen-bond acceptors (Lipinski definition) is 1. The van der Waals surface area contributed by atoms with Gasteiger partial charge in [-0.1, -0.05) is 31.2 Å².